The molecular formula is C14H19F2N. The first-order valence-corrected chi connectivity index (χ1v) is 6.39. The van der Waals surface area contributed by atoms with Crippen molar-refractivity contribution in [3.63, 3.8) is 0 Å². The summed E-state index contributed by atoms with van der Waals surface area (Å²) in [5.74, 6) is -0.770. The molecule has 1 saturated carbocycles. The summed E-state index contributed by atoms with van der Waals surface area (Å²) in [6.07, 6.45) is 3.88. The van der Waals surface area contributed by atoms with E-state index in [-0.39, 0.29) is 11.5 Å². The lowest BCUT2D eigenvalue weighted by molar-refractivity contribution is 0.332. The Bertz CT molecular complexity index is 356. The summed E-state index contributed by atoms with van der Waals surface area (Å²) in [6, 6.07) is 4.54. The van der Waals surface area contributed by atoms with Gasteiger partial charge in [0.1, 0.15) is 11.6 Å². The highest BCUT2D eigenvalue weighted by atomic mass is 19.1. The van der Waals surface area contributed by atoms with Crippen LogP contribution in [0.4, 0.5) is 8.78 Å². The maximum absolute atomic E-state index is 13.7. The summed E-state index contributed by atoms with van der Waals surface area (Å²) in [5.41, 5.74) is 0.287. The van der Waals surface area contributed by atoms with Crippen molar-refractivity contribution in [2.75, 3.05) is 6.54 Å². The van der Waals surface area contributed by atoms with E-state index in [0.29, 0.717) is 6.04 Å². The molecule has 94 valence electrons. The first-order chi connectivity index (χ1) is 8.22. The van der Waals surface area contributed by atoms with Gasteiger partial charge in [0.15, 0.2) is 0 Å². The lowest BCUT2D eigenvalue weighted by Gasteiger charge is -2.30. The highest BCUT2D eigenvalue weighted by Gasteiger charge is 2.26. The van der Waals surface area contributed by atoms with E-state index in [9.17, 15) is 8.78 Å². The molecule has 1 aromatic rings. The molecule has 1 fully saturated rings. The summed E-state index contributed by atoms with van der Waals surface area (Å²) in [5, 5.41) is 3.38. The molecular weight excluding hydrogens is 220 g/mol. The van der Waals surface area contributed by atoms with Crippen molar-refractivity contribution >= 4 is 0 Å². The second-order valence-electron chi connectivity index (χ2n) is 4.75. The van der Waals surface area contributed by atoms with E-state index in [1.165, 1.54) is 18.2 Å². The summed E-state index contributed by atoms with van der Waals surface area (Å²) in [4.78, 5) is 0. The van der Waals surface area contributed by atoms with Gasteiger partial charge in [0, 0.05) is 11.6 Å². The first-order valence-electron chi connectivity index (χ1n) is 6.39. The molecule has 0 bridgehead atoms. The van der Waals surface area contributed by atoms with Crippen LogP contribution in [-0.2, 0) is 0 Å². The zero-order chi connectivity index (χ0) is 12.3. The van der Waals surface area contributed by atoms with Crippen LogP contribution in [0, 0.1) is 11.6 Å². The number of nitrogens with one attached hydrogen (secondary N) is 1. The molecule has 1 N–H and O–H groups in total. The van der Waals surface area contributed by atoms with Crippen LogP contribution in [-0.4, -0.2) is 12.6 Å². The Morgan fingerprint density at radius 3 is 2.59 bits per heavy atom. The van der Waals surface area contributed by atoms with E-state index < -0.39 is 11.6 Å². The third kappa shape index (κ3) is 2.83. The minimum Gasteiger partial charge on any atom is -0.314 e. The third-order valence-electron chi connectivity index (χ3n) is 3.57. The topological polar surface area (TPSA) is 12.0 Å². The average molecular weight is 239 g/mol. The molecule has 1 aliphatic rings. The van der Waals surface area contributed by atoms with Crippen molar-refractivity contribution in [2.45, 2.75) is 44.6 Å². The summed E-state index contributed by atoms with van der Waals surface area (Å²) < 4.78 is 27.4. The molecule has 2 unspecified atom stereocenters. The van der Waals surface area contributed by atoms with Crippen LogP contribution in [0.3, 0.4) is 0 Å². The zero-order valence-corrected chi connectivity index (χ0v) is 10.2. The fraction of sp³-hybridized carbons (Fsp3) is 0.571. The molecule has 2 atom stereocenters. The molecule has 0 aromatic heterocycles. The monoisotopic (exact) mass is 239 g/mol. The maximum atomic E-state index is 13.7. The van der Waals surface area contributed by atoms with Gasteiger partial charge in [-0.05, 0) is 43.9 Å². The van der Waals surface area contributed by atoms with E-state index >= 15 is 0 Å². The molecule has 1 nitrogen and oxygen atoms in total. The van der Waals surface area contributed by atoms with Gasteiger partial charge < -0.3 is 5.32 Å². The van der Waals surface area contributed by atoms with Crippen LogP contribution in [0.1, 0.15) is 44.1 Å². The minimum atomic E-state index is -0.396. The number of hydrogen-bond acceptors (Lipinski definition) is 1. The van der Waals surface area contributed by atoms with Gasteiger partial charge in [0.05, 0.1) is 0 Å². The summed E-state index contributed by atoms with van der Waals surface area (Å²) >= 11 is 0. The maximum Gasteiger partial charge on any atom is 0.129 e. The lowest BCUT2D eigenvalue weighted by Crippen LogP contribution is -2.33. The fourth-order valence-electron chi connectivity index (χ4n) is 2.83. The quantitative estimate of drug-likeness (QED) is 0.849. The van der Waals surface area contributed by atoms with Gasteiger partial charge in [-0.2, -0.15) is 0 Å². The van der Waals surface area contributed by atoms with Gasteiger partial charge in [-0.1, -0.05) is 19.4 Å². The normalized spacial score (nSPS) is 24.9. The Hall–Kier alpha value is -0.960. The van der Waals surface area contributed by atoms with Gasteiger partial charge in [-0.25, -0.2) is 8.78 Å². The molecule has 0 saturated heterocycles. The standard InChI is InChI=1S/C14H19F2N/c1-2-17-11-6-3-5-10(9-11)14-12(15)7-4-8-13(14)16/h4,7-8,10-11,17H,2-3,5-6,9H2,1H3. The lowest BCUT2D eigenvalue weighted by atomic mass is 9.81. The second-order valence-corrected chi connectivity index (χ2v) is 4.75. The molecule has 0 spiro atoms. The Labute approximate surface area is 101 Å². The van der Waals surface area contributed by atoms with Crippen LogP contribution in [0.25, 0.3) is 0 Å². The van der Waals surface area contributed by atoms with Crippen LogP contribution in [0.5, 0.6) is 0 Å². The molecule has 17 heavy (non-hydrogen) atoms. The van der Waals surface area contributed by atoms with E-state index in [1.807, 2.05) is 0 Å². The van der Waals surface area contributed by atoms with Crippen LogP contribution < -0.4 is 5.32 Å². The van der Waals surface area contributed by atoms with Gasteiger partial charge in [0.2, 0.25) is 0 Å². The minimum absolute atomic E-state index is 0.0222. The molecule has 1 aliphatic carbocycles. The Balaban J connectivity index is 2.16. The molecule has 0 heterocycles. The van der Waals surface area contributed by atoms with Crippen molar-refractivity contribution in [1.29, 1.82) is 0 Å². The zero-order valence-electron chi connectivity index (χ0n) is 10.2. The highest BCUT2D eigenvalue weighted by molar-refractivity contribution is 5.24. The van der Waals surface area contributed by atoms with E-state index in [2.05, 4.69) is 12.2 Å². The number of benzene rings is 1. The predicted molar refractivity (Wildman–Crippen MR) is 65.0 cm³/mol. The van der Waals surface area contributed by atoms with Gasteiger partial charge >= 0.3 is 0 Å². The Morgan fingerprint density at radius 1 is 1.24 bits per heavy atom. The van der Waals surface area contributed by atoms with E-state index in [4.69, 9.17) is 0 Å². The van der Waals surface area contributed by atoms with Crippen molar-refractivity contribution in [1.82, 2.24) is 5.32 Å². The summed E-state index contributed by atoms with van der Waals surface area (Å²) in [6.45, 7) is 2.98. The Kier molecular flexibility index (Phi) is 4.11. The van der Waals surface area contributed by atoms with E-state index in [1.54, 1.807) is 0 Å². The van der Waals surface area contributed by atoms with Crippen molar-refractivity contribution in [3.8, 4) is 0 Å². The van der Waals surface area contributed by atoms with E-state index in [0.717, 1.165) is 32.2 Å². The number of halogens is 2. The molecule has 0 radical (unpaired) electrons. The van der Waals surface area contributed by atoms with Gasteiger partial charge in [-0.3, -0.25) is 0 Å². The van der Waals surface area contributed by atoms with Crippen molar-refractivity contribution in [2.24, 2.45) is 0 Å². The largest absolute Gasteiger partial charge is 0.314 e. The average Bonchev–Trinajstić information content (AvgIpc) is 2.30. The van der Waals surface area contributed by atoms with Crippen LogP contribution >= 0.6 is 0 Å². The summed E-state index contributed by atoms with van der Waals surface area (Å²) in [7, 11) is 0. The molecule has 0 amide bonds. The fourth-order valence-corrected chi connectivity index (χ4v) is 2.83. The van der Waals surface area contributed by atoms with Crippen molar-refractivity contribution in [3.05, 3.63) is 35.4 Å². The van der Waals surface area contributed by atoms with Gasteiger partial charge in [0.25, 0.3) is 0 Å². The van der Waals surface area contributed by atoms with Gasteiger partial charge in [-0.15, -0.1) is 0 Å². The van der Waals surface area contributed by atoms with Crippen molar-refractivity contribution < 1.29 is 8.78 Å². The predicted octanol–water partition coefficient (Wildman–Crippen LogP) is 3.60. The van der Waals surface area contributed by atoms with Crippen LogP contribution in [0.15, 0.2) is 18.2 Å². The SMILES string of the molecule is CCNC1CCCC(c2c(F)cccc2F)C1. The first kappa shape index (κ1) is 12.5. The highest BCUT2D eigenvalue weighted by Crippen LogP contribution is 2.35. The third-order valence-corrected chi connectivity index (χ3v) is 3.57. The molecule has 2 rings (SSSR count). The molecule has 0 aliphatic heterocycles. The number of hydrogen-bond donors (Lipinski definition) is 1. The Morgan fingerprint density at radius 2 is 1.94 bits per heavy atom. The second kappa shape index (κ2) is 5.58. The van der Waals surface area contributed by atoms with Crippen LogP contribution in [0.2, 0.25) is 0 Å². The molecule has 1 aromatic carbocycles. The number of rotatable bonds is 3. The smallest absolute Gasteiger partial charge is 0.129 e. The molecule has 3 heteroatoms.